The van der Waals surface area contributed by atoms with E-state index in [9.17, 15) is 14.0 Å². The molecule has 0 fully saturated rings. The van der Waals surface area contributed by atoms with Gasteiger partial charge < -0.3 is 10.6 Å². The first-order valence-electron chi connectivity index (χ1n) is 7.46. The topological polar surface area (TPSA) is 58.2 Å². The van der Waals surface area contributed by atoms with Crippen LogP contribution in [0, 0.1) is 19.7 Å². The summed E-state index contributed by atoms with van der Waals surface area (Å²) in [6, 6.07) is 11.5. The van der Waals surface area contributed by atoms with E-state index in [4.69, 9.17) is 0 Å². The number of aryl methyl sites for hydroxylation is 2. The SMILES string of the molecule is Cc1ccc(C)c(SCC(=O)NCC(=O)Nc2ccc(F)cc2)c1. The van der Waals surface area contributed by atoms with Crippen LogP contribution in [0.4, 0.5) is 10.1 Å². The molecule has 0 saturated heterocycles. The first kappa shape index (κ1) is 18.0. The summed E-state index contributed by atoms with van der Waals surface area (Å²) >= 11 is 1.44. The molecule has 0 atom stereocenters. The van der Waals surface area contributed by atoms with Crippen molar-refractivity contribution in [2.24, 2.45) is 0 Å². The summed E-state index contributed by atoms with van der Waals surface area (Å²) in [5.74, 6) is -0.694. The molecule has 24 heavy (non-hydrogen) atoms. The van der Waals surface area contributed by atoms with Crippen LogP contribution in [-0.2, 0) is 9.59 Å². The van der Waals surface area contributed by atoms with E-state index in [2.05, 4.69) is 10.6 Å². The van der Waals surface area contributed by atoms with Gasteiger partial charge in [0.25, 0.3) is 0 Å². The number of hydrogen-bond acceptors (Lipinski definition) is 3. The Morgan fingerprint density at radius 2 is 1.75 bits per heavy atom. The maximum Gasteiger partial charge on any atom is 0.243 e. The normalized spacial score (nSPS) is 10.3. The lowest BCUT2D eigenvalue weighted by atomic mass is 10.2. The van der Waals surface area contributed by atoms with Crippen molar-refractivity contribution in [2.75, 3.05) is 17.6 Å². The summed E-state index contributed by atoms with van der Waals surface area (Å²) < 4.78 is 12.8. The van der Waals surface area contributed by atoms with Crippen LogP contribution in [0.5, 0.6) is 0 Å². The van der Waals surface area contributed by atoms with Crippen LogP contribution in [0.15, 0.2) is 47.4 Å². The van der Waals surface area contributed by atoms with E-state index in [1.165, 1.54) is 36.0 Å². The van der Waals surface area contributed by atoms with Crippen molar-refractivity contribution >= 4 is 29.3 Å². The molecule has 0 radical (unpaired) electrons. The summed E-state index contributed by atoms with van der Waals surface area (Å²) in [4.78, 5) is 24.7. The van der Waals surface area contributed by atoms with Gasteiger partial charge in [-0.25, -0.2) is 4.39 Å². The van der Waals surface area contributed by atoms with Crippen molar-refractivity contribution in [2.45, 2.75) is 18.7 Å². The lowest BCUT2D eigenvalue weighted by Crippen LogP contribution is -2.33. The van der Waals surface area contributed by atoms with Crippen molar-refractivity contribution in [3.63, 3.8) is 0 Å². The number of carbonyl (C=O) groups excluding carboxylic acids is 2. The number of rotatable bonds is 6. The van der Waals surface area contributed by atoms with Crippen molar-refractivity contribution in [1.82, 2.24) is 5.32 Å². The van der Waals surface area contributed by atoms with Gasteiger partial charge in [-0.1, -0.05) is 17.7 Å². The fourth-order valence-corrected chi connectivity index (χ4v) is 2.93. The summed E-state index contributed by atoms with van der Waals surface area (Å²) in [7, 11) is 0. The van der Waals surface area contributed by atoms with Gasteiger partial charge in [0.05, 0.1) is 12.3 Å². The molecule has 0 aromatic heterocycles. The lowest BCUT2D eigenvalue weighted by molar-refractivity contribution is -0.122. The van der Waals surface area contributed by atoms with Gasteiger partial charge in [0.2, 0.25) is 11.8 Å². The van der Waals surface area contributed by atoms with Gasteiger partial charge in [-0.2, -0.15) is 0 Å². The van der Waals surface area contributed by atoms with E-state index < -0.39 is 0 Å². The zero-order chi connectivity index (χ0) is 17.5. The molecule has 0 unspecified atom stereocenters. The highest BCUT2D eigenvalue weighted by atomic mass is 32.2. The van der Waals surface area contributed by atoms with Crippen LogP contribution in [-0.4, -0.2) is 24.1 Å². The Morgan fingerprint density at radius 3 is 2.46 bits per heavy atom. The Hall–Kier alpha value is -2.34. The molecule has 0 aliphatic carbocycles. The summed E-state index contributed by atoms with van der Waals surface area (Å²) in [6.07, 6.45) is 0. The highest BCUT2D eigenvalue weighted by molar-refractivity contribution is 8.00. The molecule has 0 spiro atoms. The third-order valence-corrected chi connectivity index (χ3v) is 4.43. The molecule has 0 saturated carbocycles. The molecule has 2 aromatic rings. The Kier molecular flexibility index (Phi) is 6.37. The summed E-state index contributed by atoms with van der Waals surface area (Å²) in [6.45, 7) is 3.88. The average Bonchev–Trinajstić information content (AvgIpc) is 2.56. The minimum absolute atomic E-state index is 0.121. The number of anilines is 1. The quantitative estimate of drug-likeness (QED) is 0.789. The van der Waals surface area contributed by atoms with Gasteiger partial charge in [-0.05, 0) is 49.7 Å². The predicted molar refractivity (Wildman–Crippen MR) is 94.7 cm³/mol. The van der Waals surface area contributed by atoms with Gasteiger partial charge >= 0.3 is 0 Å². The second kappa shape index (κ2) is 8.49. The molecular weight excluding hydrogens is 327 g/mol. The maximum absolute atomic E-state index is 12.8. The third kappa shape index (κ3) is 5.70. The Balaban J connectivity index is 1.75. The van der Waals surface area contributed by atoms with Crippen LogP contribution in [0.3, 0.4) is 0 Å². The first-order chi connectivity index (χ1) is 11.4. The minimum Gasteiger partial charge on any atom is -0.346 e. The Labute approximate surface area is 144 Å². The van der Waals surface area contributed by atoms with Gasteiger partial charge in [-0.3, -0.25) is 9.59 Å². The van der Waals surface area contributed by atoms with E-state index in [0.717, 1.165) is 16.0 Å². The first-order valence-corrected chi connectivity index (χ1v) is 8.45. The highest BCUT2D eigenvalue weighted by Crippen LogP contribution is 2.23. The fourth-order valence-electron chi connectivity index (χ4n) is 1.97. The number of benzene rings is 2. The predicted octanol–water partition coefficient (Wildman–Crippen LogP) is 3.29. The standard InChI is InChI=1S/C18H19FN2O2S/c1-12-3-4-13(2)16(9-12)24-11-18(23)20-10-17(22)21-15-7-5-14(19)6-8-15/h3-9H,10-11H2,1-2H3,(H,20,23)(H,21,22). The summed E-state index contributed by atoms with van der Waals surface area (Å²) in [5, 5.41) is 5.16. The number of halogens is 1. The van der Waals surface area contributed by atoms with Gasteiger partial charge in [0, 0.05) is 10.6 Å². The van der Waals surface area contributed by atoms with Crippen LogP contribution in [0.2, 0.25) is 0 Å². The molecule has 0 heterocycles. The van der Waals surface area contributed by atoms with Crippen molar-refractivity contribution < 1.29 is 14.0 Å². The molecule has 2 rings (SSSR count). The molecule has 2 aromatic carbocycles. The van der Waals surface area contributed by atoms with Crippen molar-refractivity contribution in [3.05, 3.63) is 59.4 Å². The Morgan fingerprint density at radius 1 is 1.04 bits per heavy atom. The Bertz CT molecular complexity index is 732. The number of amides is 2. The zero-order valence-electron chi connectivity index (χ0n) is 13.6. The van der Waals surface area contributed by atoms with E-state index in [1.807, 2.05) is 32.0 Å². The molecule has 0 aliphatic rings. The monoisotopic (exact) mass is 346 g/mol. The average molecular weight is 346 g/mol. The van der Waals surface area contributed by atoms with Gasteiger partial charge in [-0.15, -0.1) is 11.8 Å². The van der Waals surface area contributed by atoms with Crippen LogP contribution in [0.1, 0.15) is 11.1 Å². The number of carbonyl (C=O) groups is 2. The molecule has 0 bridgehead atoms. The lowest BCUT2D eigenvalue weighted by Gasteiger charge is -2.08. The molecule has 2 N–H and O–H groups in total. The van der Waals surface area contributed by atoms with Crippen LogP contribution < -0.4 is 10.6 Å². The largest absolute Gasteiger partial charge is 0.346 e. The van der Waals surface area contributed by atoms with Gasteiger partial charge in [0.1, 0.15) is 5.82 Å². The van der Waals surface area contributed by atoms with E-state index in [-0.39, 0.29) is 29.9 Å². The molecule has 126 valence electrons. The van der Waals surface area contributed by atoms with Gasteiger partial charge in [0.15, 0.2) is 0 Å². The minimum atomic E-state index is -0.371. The number of thioether (sulfide) groups is 1. The van der Waals surface area contributed by atoms with Crippen LogP contribution in [0.25, 0.3) is 0 Å². The molecular formula is C18H19FN2O2S. The van der Waals surface area contributed by atoms with E-state index in [0.29, 0.717) is 5.69 Å². The van der Waals surface area contributed by atoms with Crippen molar-refractivity contribution in [1.29, 1.82) is 0 Å². The zero-order valence-corrected chi connectivity index (χ0v) is 14.4. The summed E-state index contributed by atoms with van der Waals surface area (Å²) in [5.41, 5.74) is 2.75. The van der Waals surface area contributed by atoms with Crippen molar-refractivity contribution in [3.8, 4) is 0 Å². The molecule has 2 amide bonds. The number of hydrogen-bond donors (Lipinski definition) is 2. The van der Waals surface area contributed by atoms with E-state index >= 15 is 0 Å². The van der Waals surface area contributed by atoms with E-state index in [1.54, 1.807) is 0 Å². The molecule has 4 nitrogen and oxygen atoms in total. The molecule has 0 aliphatic heterocycles. The maximum atomic E-state index is 12.8. The third-order valence-electron chi connectivity index (χ3n) is 3.28. The second-order valence-corrected chi connectivity index (χ2v) is 6.41. The highest BCUT2D eigenvalue weighted by Gasteiger charge is 2.08. The fraction of sp³-hybridized carbons (Fsp3) is 0.222. The van der Waals surface area contributed by atoms with Crippen LogP contribution >= 0.6 is 11.8 Å². The number of nitrogens with one attached hydrogen (secondary N) is 2. The smallest absolute Gasteiger partial charge is 0.243 e. The second-order valence-electron chi connectivity index (χ2n) is 5.39. The molecule has 6 heteroatoms.